The van der Waals surface area contributed by atoms with Crippen molar-refractivity contribution in [1.29, 1.82) is 0 Å². The van der Waals surface area contributed by atoms with Gasteiger partial charge in [-0.05, 0) is 55.7 Å². The first-order chi connectivity index (χ1) is 14.4. The number of carboxylic acids is 1. The van der Waals surface area contributed by atoms with Gasteiger partial charge in [0.15, 0.2) is 5.13 Å². The van der Waals surface area contributed by atoms with E-state index in [9.17, 15) is 9.59 Å². The van der Waals surface area contributed by atoms with Crippen LogP contribution in [-0.2, 0) is 11.2 Å². The number of carboxylic acid groups (broad SMARTS) is 1. The van der Waals surface area contributed by atoms with Gasteiger partial charge in [-0.25, -0.2) is 9.78 Å². The number of thioether (sulfide) groups is 1. The van der Waals surface area contributed by atoms with Crippen molar-refractivity contribution in [3.05, 3.63) is 41.0 Å². The van der Waals surface area contributed by atoms with E-state index in [1.54, 1.807) is 6.20 Å². The topological polar surface area (TPSA) is 82.5 Å². The lowest BCUT2D eigenvalue weighted by Gasteiger charge is -2.36. The Morgan fingerprint density at radius 2 is 1.97 bits per heavy atom. The van der Waals surface area contributed by atoms with Crippen LogP contribution in [0, 0.1) is 5.92 Å². The molecule has 0 unspecified atom stereocenters. The number of hydrogen-bond acceptors (Lipinski definition) is 5. The van der Waals surface area contributed by atoms with Crippen LogP contribution in [0.15, 0.2) is 34.7 Å². The van der Waals surface area contributed by atoms with E-state index in [2.05, 4.69) is 17.2 Å². The predicted molar refractivity (Wildman–Crippen MR) is 123 cm³/mol. The molecule has 0 spiro atoms. The van der Waals surface area contributed by atoms with Gasteiger partial charge in [-0.2, -0.15) is 0 Å². The fraction of sp³-hybridized carbons (Fsp3) is 0.476. The van der Waals surface area contributed by atoms with Crippen molar-refractivity contribution >= 4 is 51.8 Å². The maximum atomic E-state index is 13.1. The molecule has 2 N–H and O–H groups in total. The molecule has 1 aliphatic rings. The molecule has 0 saturated heterocycles. The molecule has 2 amide bonds. The molecule has 3 rings (SSSR count). The molecular weight excluding hydrogens is 442 g/mol. The SMILES string of the molecule is C[C@H]1CC[C@H](N(CCc2ccc(Cl)cc2)C(=O)Nc2ncc(SCC(=O)O)s2)CC1. The van der Waals surface area contributed by atoms with Gasteiger partial charge in [-0.1, -0.05) is 42.0 Å². The summed E-state index contributed by atoms with van der Waals surface area (Å²) in [5, 5.41) is 12.9. The highest BCUT2D eigenvalue weighted by Crippen LogP contribution is 2.30. The summed E-state index contributed by atoms with van der Waals surface area (Å²) in [5.74, 6) is -0.197. The number of anilines is 1. The second-order valence-corrected chi connectivity index (χ2v) is 10.3. The Morgan fingerprint density at radius 1 is 1.27 bits per heavy atom. The van der Waals surface area contributed by atoms with Gasteiger partial charge < -0.3 is 10.0 Å². The van der Waals surface area contributed by atoms with Gasteiger partial charge in [0.1, 0.15) is 0 Å². The molecule has 0 atom stereocenters. The van der Waals surface area contributed by atoms with Crippen LogP contribution in [0.1, 0.15) is 38.2 Å². The largest absolute Gasteiger partial charge is 0.481 e. The summed E-state index contributed by atoms with van der Waals surface area (Å²) in [6, 6.07) is 7.80. The monoisotopic (exact) mass is 467 g/mol. The molecule has 2 aromatic rings. The number of halogens is 1. The number of benzene rings is 1. The number of nitrogens with one attached hydrogen (secondary N) is 1. The minimum absolute atomic E-state index is 0.0247. The van der Waals surface area contributed by atoms with Crippen molar-refractivity contribution in [1.82, 2.24) is 9.88 Å². The Hall–Kier alpha value is -1.77. The zero-order valence-electron chi connectivity index (χ0n) is 16.8. The Balaban J connectivity index is 1.64. The fourth-order valence-corrected chi connectivity index (χ4v) is 5.29. The molecule has 30 heavy (non-hydrogen) atoms. The number of rotatable bonds is 8. The molecular formula is C21H26ClN3O3S2. The summed E-state index contributed by atoms with van der Waals surface area (Å²) in [6.45, 7) is 2.89. The van der Waals surface area contributed by atoms with Crippen LogP contribution in [0.2, 0.25) is 5.02 Å². The van der Waals surface area contributed by atoms with Gasteiger partial charge in [0.05, 0.1) is 16.2 Å². The lowest BCUT2D eigenvalue weighted by Crippen LogP contribution is -2.45. The van der Waals surface area contributed by atoms with Gasteiger partial charge in [0, 0.05) is 17.6 Å². The van der Waals surface area contributed by atoms with Crippen LogP contribution in [0.3, 0.4) is 0 Å². The first-order valence-electron chi connectivity index (χ1n) is 10.0. The Kier molecular flexibility index (Phi) is 8.41. The summed E-state index contributed by atoms with van der Waals surface area (Å²) in [6.07, 6.45) is 6.63. The number of carbonyl (C=O) groups is 2. The van der Waals surface area contributed by atoms with Gasteiger partial charge in [0.2, 0.25) is 0 Å². The Labute approximate surface area is 190 Å². The maximum Gasteiger partial charge on any atom is 0.323 e. The average Bonchev–Trinajstić information content (AvgIpc) is 3.16. The van der Waals surface area contributed by atoms with E-state index in [1.165, 1.54) is 23.1 Å². The minimum Gasteiger partial charge on any atom is -0.481 e. The summed E-state index contributed by atoms with van der Waals surface area (Å²) in [4.78, 5) is 30.0. The van der Waals surface area contributed by atoms with Crippen molar-refractivity contribution in [2.45, 2.75) is 49.3 Å². The highest BCUT2D eigenvalue weighted by Gasteiger charge is 2.28. The average molecular weight is 468 g/mol. The molecule has 0 bridgehead atoms. The Morgan fingerprint density at radius 3 is 2.63 bits per heavy atom. The summed E-state index contributed by atoms with van der Waals surface area (Å²) in [7, 11) is 0. The molecule has 1 saturated carbocycles. The van der Waals surface area contributed by atoms with Crippen LogP contribution in [0.5, 0.6) is 0 Å². The molecule has 1 fully saturated rings. The normalized spacial score (nSPS) is 18.7. The van der Waals surface area contributed by atoms with E-state index >= 15 is 0 Å². The molecule has 1 heterocycles. The second-order valence-electron chi connectivity index (χ2n) is 7.58. The number of aromatic nitrogens is 1. The van der Waals surface area contributed by atoms with Crippen LogP contribution in [0.4, 0.5) is 9.93 Å². The quantitative estimate of drug-likeness (QED) is 0.491. The van der Waals surface area contributed by atoms with Crippen LogP contribution in [0.25, 0.3) is 0 Å². The van der Waals surface area contributed by atoms with Gasteiger partial charge in [0.25, 0.3) is 0 Å². The maximum absolute atomic E-state index is 13.1. The smallest absolute Gasteiger partial charge is 0.323 e. The molecule has 162 valence electrons. The van der Waals surface area contributed by atoms with E-state index in [-0.39, 0.29) is 17.8 Å². The van der Waals surface area contributed by atoms with E-state index in [4.69, 9.17) is 16.7 Å². The highest BCUT2D eigenvalue weighted by atomic mass is 35.5. The third-order valence-electron chi connectivity index (χ3n) is 5.28. The number of nitrogens with zero attached hydrogens (tertiary/aromatic N) is 2. The highest BCUT2D eigenvalue weighted by molar-refractivity contribution is 8.01. The molecule has 1 aromatic carbocycles. The van der Waals surface area contributed by atoms with Crippen molar-refractivity contribution in [2.24, 2.45) is 5.92 Å². The predicted octanol–water partition coefficient (Wildman–Crippen LogP) is 5.63. The third-order valence-corrected chi connectivity index (χ3v) is 7.62. The standard InChI is InChI=1S/C21H26ClN3O3S2/c1-14-2-8-17(9-3-14)25(11-10-15-4-6-16(22)7-5-15)21(28)24-20-23-12-19(30-20)29-13-18(26)27/h4-7,12,14,17H,2-3,8-11,13H2,1H3,(H,26,27)(H,23,24,28)/t14-,17-. The molecule has 1 aliphatic carbocycles. The van der Waals surface area contributed by atoms with E-state index < -0.39 is 5.97 Å². The first kappa shape index (κ1) is 22.9. The molecule has 6 nitrogen and oxygen atoms in total. The molecule has 9 heteroatoms. The summed E-state index contributed by atoms with van der Waals surface area (Å²) < 4.78 is 0.770. The van der Waals surface area contributed by atoms with Crippen molar-refractivity contribution < 1.29 is 14.7 Å². The third kappa shape index (κ3) is 6.89. The number of hydrogen-bond donors (Lipinski definition) is 2. The van der Waals surface area contributed by atoms with Gasteiger partial charge in [-0.15, -0.1) is 11.8 Å². The summed E-state index contributed by atoms with van der Waals surface area (Å²) >= 11 is 8.48. The molecule has 1 aromatic heterocycles. The zero-order valence-corrected chi connectivity index (χ0v) is 19.2. The lowest BCUT2D eigenvalue weighted by atomic mass is 9.86. The first-order valence-corrected chi connectivity index (χ1v) is 12.2. The van der Waals surface area contributed by atoms with Gasteiger partial charge in [-0.3, -0.25) is 10.1 Å². The van der Waals surface area contributed by atoms with Crippen LogP contribution >= 0.6 is 34.7 Å². The number of carbonyl (C=O) groups excluding carboxylic acids is 1. The fourth-order valence-electron chi connectivity index (χ4n) is 3.58. The van der Waals surface area contributed by atoms with Crippen LogP contribution < -0.4 is 5.32 Å². The minimum atomic E-state index is -0.876. The van der Waals surface area contributed by atoms with E-state index in [0.717, 1.165) is 41.9 Å². The zero-order chi connectivity index (χ0) is 21.5. The van der Waals surface area contributed by atoms with Crippen molar-refractivity contribution in [3.8, 4) is 0 Å². The Bertz CT molecular complexity index is 851. The number of urea groups is 1. The van der Waals surface area contributed by atoms with E-state index in [1.807, 2.05) is 29.2 Å². The molecule has 0 aliphatic heterocycles. The number of thiazole rings is 1. The van der Waals surface area contributed by atoms with Gasteiger partial charge >= 0.3 is 12.0 Å². The van der Waals surface area contributed by atoms with Crippen molar-refractivity contribution in [2.75, 3.05) is 17.6 Å². The summed E-state index contributed by atoms with van der Waals surface area (Å²) in [5.41, 5.74) is 1.14. The lowest BCUT2D eigenvalue weighted by molar-refractivity contribution is -0.133. The van der Waals surface area contributed by atoms with Crippen LogP contribution in [-0.4, -0.2) is 45.3 Å². The van der Waals surface area contributed by atoms with E-state index in [0.29, 0.717) is 22.6 Å². The number of amides is 2. The second kappa shape index (κ2) is 11.0. The number of aliphatic carboxylic acids is 1. The molecule has 0 radical (unpaired) electrons. The van der Waals surface area contributed by atoms with Crippen molar-refractivity contribution in [3.63, 3.8) is 0 Å².